The highest BCUT2D eigenvalue weighted by Crippen LogP contribution is 2.22. The first-order valence-corrected chi connectivity index (χ1v) is 7.07. The topological polar surface area (TPSA) is 55.1 Å². The quantitative estimate of drug-likeness (QED) is 0.848. The zero-order valence-corrected chi connectivity index (χ0v) is 12.5. The van der Waals surface area contributed by atoms with Crippen molar-refractivity contribution in [3.63, 3.8) is 0 Å². The van der Waals surface area contributed by atoms with Crippen molar-refractivity contribution < 1.29 is 4.79 Å². The van der Waals surface area contributed by atoms with E-state index in [1.807, 2.05) is 31.2 Å². The number of amides is 1. The summed E-state index contributed by atoms with van der Waals surface area (Å²) < 4.78 is 1.02. The molecule has 1 amide bonds. The minimum Gasteiger partial charge on any atom is -0.350 e. The van der Waals surface area contributed by atoms with Crippen molar-refractivity contribution in [2.45, 2.75) is 32.7 Å². The fourth-order valence-electron chi connectivity index (χ4n) is 1.71. The van der Waals surface area contributed by atoms with Gasteiger partial charge >= 0.3 is 0 Å². The summed E-state index contributed by atoms with van der Waals surface area (Å²) in [4.78, 5) is 11.8. The molecule has 0 aromatic heterocycles. The van der Waals surface area contributed by atoms with Crippen molar-refractivity contribution in [2.24, 2.45) is 11.7 Å². The van der Waals surface area contributed by atoms with Crippen molar-refractivity contribution >= 4 is 21.8 Å². The highest BCUT2D eigenvalue weighted by molar-refractivity contribution is 9.10. The maximum absolute atomic E-state index is 11.8. The predicted octanol–water partition coefficient (Wildman–Crippen LogP) is 3.00. The van der Waals surface area contributed by atoms with Crippen molar-refractivity contribution in [1.82, 2.24) is 5.32 Å². The number of nitrogens with one attached hydrogen (secondary N) is 1. The molecule has 0 fully saturated rings. The SMILES string of the molecule is CC(CN)CCC(=O)NC(C)c1ccccc1Br. The molecule has 0 saturated carbocycles. The second kappa shape index (κ2) is 7.54. The van der Waals surface area contributed by atoms with Crippen LogP contribution in [0, 0.1) is 5.92 Å². The molecule has 18 heavy (non-hydrogen) atoms. The van der Waals surface area contributed by atoms with Gasteiger partial charge in [0.2, 0.25) is 5.91 Å². The molecule has 1 rings (SSSR count). The van der Waals surface area contributed by atoms with Crippen LogP contribution in [0.4, 0.5) is 0 Å². The lowest BCUT2D eigenvalue weighted by Gasteiger charge is -2.16. The Morgan fingerprint density at radius 1 is 1.39 bits per heavy atom. The van der Waals surface area contributed by atoms with Gasteiger partial charge < -0.3 is 11.1 Å². The summed E-state index contributed by atoms with van der Waals surface area (Å²) in [5.74, 6) is 0.480. The molecular weight excluding hydrogens is 292 g/mol. The van der Waals surface area contributed by atoms with Gasteiger partial charge in [-0.25, -0.2) is 0 Å². The zero-order valence-electron chi connectivity index (χ0n) is 10.9. The third-order valence-electron chi connectivity index (χ3n) is 3.02. The summed E-state index contributed by atoms with van der Waals surface area (Å²) >= 11 is 3.49. The minimum atomic E-state index is 0.0151. The van der Waals surface area contributed by atoms with Gasteiger partial charge in [0.15, 0.2) is 0 Å². The summed E-state index contributed by atoms with van der Waals surface area (Å²) in [5, 5.41) is 3.01. The third kappa shape index (κ3) is 4.78. The molecule has 0 radical (unpaired) electrons. The van der Waals surface area contributed by atoms with Crippen LogP contribution in [0.2, 0.25) is 0 Å². The Labute approximate surface area is 117 Å². The van der Waals surface area contributed by atoms with Crippen LogP contribution in [0.5, 0.6) is 0 Å². The highest BCUT2D eigenvalue weighted by Gasteiger charge is 2.12. The van der Waals surface area contributed by atoms with E-state index < -0.39 is 0 Å². The molecule has 4 heteroatoms. The normalized spacial score (nSPS) is 14.0. The molecule has 0 aliphatic heterocycles. The minimum absolute atomic E-state index is 0.0151. The molecule has 0 bridgehead atoms. The maximum Gasteiger partial charge on any atom is 0.220 e. The van der Waals surface area contributed by atoms with E-state index in [1.165, 1.54) is 0 Å². The molecule has 1 aromatic rings. The van der Waals surface area contributed by atoms with Crippen LogP contribution < -0.4 is 11.1 Å². The standard InChI is InChI=1S/C14H21BrN2O/c1-10(9-16)7-8-14(18)17-11(2)12-5-3-4-6-13(12)15/h3-6,10-11H,7-9,16H2,1-2H3,(H,17,18). The van der Waals surface area contributed by atoms with Crippen LogP contribution in [0.15, 0.2) is 28.7 Å². The lowest BCUT2D eigenvalue weighted by Crippen LogP contribution is -2.27. The average Bonchev–Trinajstić information content (AvgIpc) is 2.36. The van der Waals surface area contributed by atoms with E-state index in [0.717, 1.165) is 16.5 Å². The van der Waals surface area contributed by atoms with E-state index in [9.17, 15) is 4.79 Å². The maximum atomic E-state index is 11.8. The summed E-state index contributed by atoms with van der Waals surface area (Å²) in [5.41, 5.74) is 6.63. The van der Waals surface area contributed by atoms with Crippen LogP contribution in [-0.2, 0) is 4.79 Å². The predicted molar refractivity (Wildman–Crippen MR) is 78.2 cm³/mol. The van der Waals surface area contributed by atoms with Gasteiger partial charge in [-0.1, -0.05) is 41.1 Å². The fraction of sp³-hybridized carbons (Fsp3) is 0.500. The lowest BCUT2D eigenvalue weighted by molar-refractivity contribution is -0.122. The van der Waals surface area contributed by atoms with Crippen LogP contribution in [0.25, 0.3) is 0 Å². The Hall–Kier alpha value is -0.870. The van der Waals surface area contributed by atoms with E-state index >= 15 is 0 Å². The van der Waals surface area contributed by atoms with Gasteiger partial charge in [-0.3, -0.25) is 4.79 Å². The highest BCUT2D eigenvalue weighted by atomic mass is 79.9. The number of carbonyl (C=O) groups excluding carboxylic acids is 1. The van der Waals surface area contributed by atoms with E-state index in [-0.39, 0.29) is 11.9 Å². The number of hydrogen-bond acceptors (Lipinski definition) is 2. The number of carbonyl (C=O) groups is 1. The average molecular weight is 313 g/mol. The van der Waals surface area contributed by atoms with Crippen molar-refractivity contribution in [3.8, 4) is 0 Å². The summed E-state index contributed by atoms with van der Waals surface area (Å²) in [6, 6.07) is 7.94. The van der Waals surface area contributed by atoms with Crippen molar-refractivity contribution in [1.29, 1.82) is 0 Å². The molecule has 2 unspecified atom stereocenters. The van der Waals surface area contributed by atoms with Gasteiger partial charge in [-0.15, -0.1) is 0 Å². The molecule has 0 heterocycles. The molecule has 3 nitrogen and oxygen atoms in total. The summed E-state index contributed by atoms with van der Waals surface area (Å²) in [6.45, 7) is 4.68. The number of rotatable bonds is 6. The second-order valence-electron chi connectivity index (χ2n) is 4.69. The monoisotopic (exact) mass is 312 g/mol. The molecule has 100 valence electrons. The van der Waals surface area contributed by atoms with Gasteiger partial charge in [-0.2, -0.15) is 0 Å². The van der Waals surface area contributed by atoms with E-state index in [0.29, 0.717) is 18.9 Å². The van der Waals surface area contributed by atoms with Crippen LogP contribution in [0.3, 0.4) is 0 Å². The van der Waals surface area contributed by atoms with E-state index in [1.54, 1.807) is 0 Å². The van der Waals surface area contributed by atoms with Gasteiger partial charge in [0.25, 0.3) is 0 Å². The van der Waals surface area contributed by atoms with Crippen molar-refractivity contribution in [2.75, 3.05) is 6.54 Å². The fourth-order valence-corrected chi connectivity index (χ4v) is 2.34. The summed E-state index contributed by atoms with van der Waals surface area (Å²) in [6.07, 6.45) is 1.37. The van der Waals surface area contributed by atoms with Gasteiger partial charge in [0, 0.05) is 10.9 Å². The van der Waals surface area contributed by atoms with Gasteiger partial charge in [-0.05, 0) is 37.4 Å². The summed E-state index contributed by atoms with van der Waals surface area (Å²) in [7, 11) is 0. The van der Waals surface area contributed by atoms with Crippen LogP contribution in [-0.4, -0.2) is 12.5 Å². The first-order valence-electron chi connectivity index (χ1n) is 6.28. The molecule has 0 aliphatic carbocycles. The van der Waals surface area contributed by atoms with E-state index in [4.69, 9.17) is 5.73 Å². The first kappa shape index (κ1) is 15.2. The van der Waals surface area contributed by atoms with Crippen LogP contribution >= 0.6 is 15.9 Å². The largest absolute Gasteiger partial charge is 0.350 e. The van der Waals surface area contributed by atoms with Crippen LogP contribution in [0.1, 0.15) is 38.3 Å². The van der Waals surface area contributed by atoms with Gasteiger partial charge in [0.1, 0.15) is 0 Å². The number of benzene rings is 1. The number of nitrogens with two attached hydrogens (primary N) is 1. The molecule has 1 aromatic carbocycles. The Bertz CT molecular complexity index is 395. The lowest BCUT2D eigenvalue weighted by atomic mass is 10.0. The molecular formula is C14H21BrN2O. The third-order valence-corrected chi connectivity index (χ3v) is 3.74. The Morgan fingerprint density at radius 2 is 2.06 bits per heavy atom. The molecule has 2 atom stereocenters. The van der Waals surface area contributed by atoms with E-state index in [2.05, 4.69) is 28.2 Å². The van der Waals surface area contributed by atoms with Gasteiger partial charge in [0.05, 0.1) is 6.04 Å². The molecule has 0 spiro atoms. The second-order valence-corrected chi connectivity index (χ2v) is 5.54. The number of halogens is 1. The molecule has 0 aliphatic rings. The first-order chi connectivity index (χ1) is 8.54. The molecule has 0 saturated heterocycles. The molecule has 3 N–H and O–H groups in total. The van der Waals surface area contributed by atoms with Crippen molar-refractivity contribution in [3.05, 3.63) is 34.3 Å². The zero-order chi connectivity index (χ0) is 13.5. The Kier molecular flexibility index (Phi) is 6.36. The number of hydrogen-bond donors (Lipinski definition) is 2. The Morgan fingerprint density at radius 3 is 2.67 bits per heavy atom. The smallest absolute Gasteiger partial charge is 0.220 e. The Balaban J connectivity index is 2.47.